The summed E-state index contributed by atoms with van der Waals surface area (Å²) < 4.78 is 6.10. The molecule has 3 nitrogen and oxygen atoms in total. The number of benzene rings is 1. The quantitative estimate of drug-likeness (QED) is 0.823. The lowest BCUT2D eigenvalue weighted by Gasteiger charge is -2.44. The van der Waals surface area contributed by atoms with E-state index in [1.807, 2.05) is 36.0 Å². The van der Waals surface area contributed by atoms with Crippen molar-refractivity contribution < 1.29 is 9.84 Å². The molecule has 0 aliphatic carbocycles. The van der Waals surface area contributed by atoms with Crippen LogP contribution in [0.5, 0.6) is 0 Å². The Labute approximate surface area is 124 Å². The highest BCUT2D eigenvalue weighted by molar-refractivity contribution is 7.99. The van der Waals surface area contributed by atoms with Crippen molar-refractivity contribution in [1.82, 2.24) is 0 Å². The molecule has 0 saturated carbocycles. The third kappa shape index (κ3) is 2.97. The maximum absolute atomic E-state index is 10.7. The van der Waals surface area contributed by atoms with Crippen molar-refractivity contribution >= 4 is 17.4 Å². The minimum Gasteiger partial charge on any atom is -0.399 e. The Bertz CT molecular complexity index is 454. The zero-order valence-electron chi connectivity index (χ0n) is 11.8. The van der Waals surface area contributed by atoms with E-state index < -0.39 is 6.10 Å². The molecule has 1 aromatic carbocycles. The van der Waals surface area contributed by atoms with E-state index in [0.717, 1.165) is 43.5 Å². The van der Waals surface area contributed by atoms with Gasteiger partial charge < -0.3 is 15.6 Å². The van der Waals surface area contributed by atoms with Crippen LogP contribution >= 0.6 is 11.8 Å². The molecule has 3 rings (SSSR count). The van der Waals surface area contributed by atoms with Crippen molar-refractivity contribution in [1.29, 1.82) is 0 Å². The largest absolute Gasteiger partial charge is 0.399 e. The summed E-state index contributed by atoms with van der Waals surface area (Å²) in [4.78, 5) is 0. The number of anilines is 1. The first-order valence-corrected chi connectivity index (χ1v) is 8.59. The molecule has 20 heavy (non-hydrogen) atoms. The fourth-order valence-electron chi connectivity index (χ4n) is 3.44. The Morgan fingerprint density at radius 2 is 2.15 bits per heavy atom. The summed E-state index contributed by atoms with van der Waals surface area (Å²) in [5.74, 6) is 2.65. The van der Waals surface area contributed by atoms with E-state index >= 15 is 0 Å². The Kier molecular flexibility index (Phi) is 4.24. The highest BCUT2D eigenvalue weighted by atomic mass is 32.2. The van der Waals surface area contributed by atoms with Crippen LogP contribution in [0.2, 0.25) is 0 Å². The molecule has 1 spiro atoms. The number of aliphatic hydroxyl groups is 1. The van der Waals surface area contributed by atoms with Gasteiger partial charge in [-0.1, -0.05) is 12.1 Å². The number of thioether (sulfide) groups is 1. The third-order valence-corrected chi connectivity index (χ3v) is 5.62. The van der Waals surface area contributed by atoms with Gasteiger partial charge in [-0.05, 0) is 60.8 Å². The molecule has 2 unspecified atom stereocenters. The summed E-state index contributed by atoms with van der Waals surface area (Å²) >= 11 is 2.01. The first-order valence-electron chi connectivity index (χ1n) is 7.44. The van der Waals surface area contributed by atoms with Gasteiger partial charge in [0.05, 0.1) is 11.7 Å². The average molecular weight is 293 g/mol. The van der Waals surface area contributed by atoms with Gasteiger partial charge in [-0.25, -0.2) is 0 Å². The Balaban J connectivity index is 1.73. The molecule has 4 heteroatoms. The molecule has 2 aliphatic rings. The van der Waals surface area contributed by atoms with Crippen LogP contribution in [0, 0.1) is 5.92 Å². The standard InChI is InChI=1S/C16H23NO2S/c17-14-3-1-2-12(10-14)15(18)13-4-7-19-16(11-13)5-8-20-9-6-16/h1-3,10,13,15,18H,4-9,11,17H2. The van der Waals surface area contributed by atoms with Gasteiger partial charge in [0.25, 0.3) is 0 Å². The van der Waals surface area contributed by atoms with E-state index in [0.29, 0.717) is 0 Å². The molecular formula is C16H23NO2S. The first-order chi connectivity index (χ1) is 9.69. The third-order valence-electron chi connectivity index (χ3n) is 4.63. The fraction of sp³-hybridized carbons (Fsp3) is 0.625. The van der Waals surface area contributed by atoms with Gasteiger partial charge in [0.15, 0.2) is 0 Å². The maximum Gasteiger partial charge on any atom is 0.0820 e. The molecule has 2 aliphatic heterocycles. The number of hydrogen-bond donors (Lipinski definition) is 2. The fourth-order valence-corrected chi connectivity index (χ4v) is 4.68. The van der Waals surface area contributed by atoms with Crippen molar-refractivity contribution in [3.05, 3.63) is 29.8 Å². The van der Waals surface area contributed by atoms with Crippen molar-refractivity contribution in [2.24, 2.45) is 5.92 Å². The van der Waals surface area contributed by atoms with E-state index in [2.05, 4.69) is 0 Å². The summed E-state index contributed by atoms with van der Waals surface area (Å²) in [6.45, 7) is 0.773. The highest BCUT2D eigenvalue weighted by Crippen LogP contribution is 2.43. The van der Waals surface area contributed by atoms with Crippen LogP contribution in [0.4, 0.5) is 5.69 Å². The van der Waals surface area contributed by atoms with E-state index in [-0.39, 0.29) is 11.5 Å². The van der Waals surface area contributed by atoms with E-state index in [1.54, 1.807) is 0 Å². The predicted octanol–water partition coefficient (Wildman–Crippen LogP) is 2.99. The first kappa shape index (κ1) is 14.2. The molecule has 110 valence electrons. The maximum atomic E-state index is 10.7. The van der Waals surface area contributed by atoms with Gasteiger partial charge >= 0.3 is 0 Å². The molecule has 0 amide bonds. The monoisotopic (exact) mass is 293 g/mol. The molecule has 1 aromatic rings. The van der Waals surface area contributed by atoms with E-state index in [4.69, 9.17) is 10.5 Å². The van der Waals surface area contributed by atoms with Gasteiger partial charge in [-0.3, -0.25) is 0 Å². The molecular weight excluding hydrogens is 270 g/mol. The summed E-state index contributed by atoms with van der Waals surface area (Å²) in [6, 6.07) is 7.64. The molecule has 2 atom stereocenters. The topological polar surface area (TPSA) is 55.5 Å². The van der Waals surface area contributed by atoms with Crippen LogP contribution in [0.1, 0.15) is 37.4 Å². The van der Waals surface area contributed by atoms with Gasteiger partial charge in [-0.15, -0.1) is 0 Å². The number of nitrogens with two attached hydrogens (primary N) is 1. The second kappa shape index (κ2) is 5.96. The van der Waals surface area contributed by atoms with E-state index in [1.165, 1.54) is 11.5 Å². The van der Waals surface area contributed by atoms with Crippen LogP contribution in [-0.4, -0.2) is 28.8 Å². The lowest BCUT2D eigenvalue weighted by Crippen LogP contribution is -2.44. The molecule has 0 radical (unpaired) electrons. The number of nitrogen functional groups attached to an aromatic ring is 1. The molecule has 2 heterocycles. The molecule has 3 N–H and O–H groups in total. The molecule has 2 fully saturated rings. The molecule has 0 aromatic heterocycles. The second-order valence-corrected chi connectivity index (χ2v) is 7.24. The lowest BCUT2D eigenvalue weighted by molar-refractivity contribution is -0.121. The van der Waals surface area contributed by atoms with Crippen LogP contribution in [0.25, 0.3) is 0 Å². The zero-order chi connectivity index (χ0) is 14.0. The number of ether oxygens (including phenoxy) is 1. The Morgan fingerprint density at radius 1 is 1.35 bits per heavy atom. The second-order valence-electron chi connectivity index (χ2n) is 6.01. The summed E-state index contributed by atoms with van der Waals surface area (Å²) in [5.41, 5.74) is 7.51. The van der Waals surface area contributed by atoms with Crippen molar-refractivity contribution in [3.8, 4) is 0 Å². The van der Waals surface area contributed by atoms with Crippen LogP contribution in [0.15, 0.2) is 24.3 Å². The average Bonchev–Trinajstić information content (AvgIpc) is 2.47. The highest BCUT2D eigenvalue weighted by Gasteiger charge is 2.40. The summed E-state index contributed by atoms with van der Waals surface area (Å²) in [7, 11) is 0. The van der Waals surface area contributed by atoms with Crippen LogP contribution in [0.3, 0.4) is 0 Å². The van der Waals surface area contributed by atoms with Crippen molar-refractivity contribution in [2.75, 3.05) is 23.8 Å². The smallest absolute Gasteiger partial charge is 0.0820 e. The van der Waals surface area contributed by atoms with Crippen molar-refractivity contribution in [3.63, 3.8) is 0 Å². The minimum atomic E-state index is -0.422. The van der Waals surface area contributed by atoms with Crippen LogP contribution in [-0.2, 0) is 4.74 Å². The lowest BCUT2D eigenvalue weighted by atomic mass is 9.78. The van der Waals surface area contributed by atoms with Gasteiger partial charge in [0.1, 0.15) is 0 Å². The molecule has 0 bridgehead atoms. The normalized spacial score (nSPS) is 27.4. The minimum absolute atomic E-state index is 0.0233. The predicted molar refractivity (Wildman–Crippen MR) is 83.8 cm³/mol. The van der Waals surface area contributed by atoms with Gasteiger partial charge in [0.2, 0.25) is 0 Å². The number of aliphatic hydroxyl groups excluding tert-OH is 1. The SMILES string of the molecule is Nc1cccc(C(O)C2CCOC3(CCSCC3)C2)c1. The summed E-state index contributed by atoms with van der Waals surface area (Å²) in [5, 5.41) is 10.7. The molecule has 2 saturated heterocycles. The Morgan fingerprint density at radius 3 is 2.90 bits per heavy atom. The number of rotatable bonds is 2. The van der Waals surface area contributed by atoms with Gasteiger partial charge in [0, 0.05) is 12.3 Å². The van der Waals surface area contributed by atoms with E-state index in [9.17, 15) is 5.11 Å². The van der Waals surface area contributed by atoms with Gasteiger partial charge in [-0.2, -0.15) is 11.8 Å². The number of hydrogen-bond acceptors (Lipinski definition) is 4. The van der Waals surface area contributed by atoms with Crippen molar-refractivity contribution in [2.45, 2.75) is 37.4 Å². The summed E-state index contributed by atoms with van der Waals surface area (Å²) in [6.07, 6.45) is 3.73. The zero-order valence-corrected chi connectivity index (χ0v) is 12.6. The van der Waals surface area contributed by atoms with Crippen LogP contribution < -0.4 is 5.73 Å². The Hall–Kier alpha value is -0.710.